The number of hydrogen-bond acceptors (Lipinski definition) is 3. The molecule has 1 aliphatic heterocycles. The molecule has 0 radical (unpaired) electrons. The van der Waals surface area contributed by atoms with Gasteiger partial charge in [-0.15, -0.1) is 0 Å². The van der Waals surface area contributed by atoms with Gasteiger partial charge in [0.1, 0.15) is 17.8 Å². The lowest BCUT2D eigenvalue weighted by molar-refractivity contribution is 0.771. The third-order valence-corrected chi connectivity index (χ3v) is 4.91. The maximum atomic E-state index is 4.72. The Balaban J connectivity index is 1.52. The molecule has 0 amide bonds. The predicted molar refractivity (Wildman–Crippen MR) is 114 cm³/mol. The molecule has 3 nitrogen and oxygen atoms in total. The highest BCUT2D eigenvalue weighted by Crippen LogP contribution is 2.20. The summed E-state index contributed by atoms with van der Waals surface area (Å²) in [5.41, 5.74) is 2.16. The fraction of sp³-hybridized carbons (Fsp3) is 0.0833. The molecule has 5 rings (SSSR count). The number of hydrogen-bond donors (Lipinski definition) is 1. The zero-order valence-electron chi connectivity index (χ0n) is 15.1. The summed E-state index contributed by atoms with van der Waals surface area (Å²) in [4.78, 5) is 9.43. The van der Waals surface area contributed by atoms with Crippen LogP contribution in [0.1, 0.15) is 18.1 Å². The Labute approximate surface area is 158 Å². The maximum absolute atomic E-state index is 4.72. The van der Waals surface area contributed by atoms with Crippen LogP contribution >= 0.6 is 0 Å². The lowest BCUT2D eigenvalue weighted by atomic mass is 10.0. The molecule has 27 heavy (non-hydrogen) atoms. The second-order valence-corrected chi connectivity index (χ2v) is 6.84. The van der Waals surface area contributed by atoms with Gasteiger partial charge < -0.3 is 5.32 Å². The van der Waals surface area contributed by atoms with E-state index >= 15 is 0 Å². The van der Waals surface area contributed by atoms with E-state index in [4.69, 9.17) is 9.98 Å². The van der Waals surface area contributed by atoms with Gasteiger partial charge in [-0.2, -0.15) is 0 Å². The van der Waals surface area contributed by atoms with E-state index in [-0.39, 0.29) is 6.17 Å². The van der Waals surface area contributed by atoms with Crippen LogP contribution in [-0.2, 0) is 0 Å². The van der Waals surface area contributed by atoms with Crippen molar-refractivity contribution in [2.75, 3.05) is 0 Å². The average Bonchev–Trinajstić information content (AvgIpc) is 2.72. The molecule has 0 unspecified atom stereocenters. The number of nitrogens with one attached hydrogen (secondary N) is 1. The molecule has 0 bridgehead atoms. The Morgan fingerprint density at radius 3 is 1.52 bits per heavy atom. The molecule has 0 aliphatic carbocycles. The van der Waals surface area contributed by atoms with Gasteiger partial charge in [0.05, 0.1) is 0 Å². The third kappa shape index (κ3) is 2.97. The monoisotopic (exact) mass is 349 g/mol. The molecule has 0 fully saturated rings. The van der Waals surface area contributed by atoms with Gasteiger partial charge in [-0.3, -0.25) is 0 Å². The Hall–Kier alpha value is -3.46. The second-order valence-electron chi connectivity index (χ2n) is 6.84. The molecule has 1 aliphatic rings. The van der Waals surface area contributed by atoms with Gasteiger partial charge in [-0.1, -0.05) is 72.8 Å². The maximum Gasteiger partial charge on any atom is 0.141 e. The average molecular weight is 349 g/mol. The first kappa shape index (κ1) is 15.8. The third-order valence-electron chi connectivity index (χ3n) is 4.91. The molecule has 130 valence electrons. The lowest BCUT2D eigenvalue weighted by Gasteiger charge is -2.20. The Kier molecular flexibility index (Phi) is 3.72. The topological polar surface area (TPSA) is 36.8 Å². The number of fused-ring (bicyclic) bond motifs is 2. The predicted octanol–water partition coefficient (Wildman–Crippen LogP) is 5.14. The highest BCUT2D eigenvalue weighted by molar-refractivity contribution is 6.17. The number of nitrogens with zero attached hydrogens (tertiary/aromatic N) is 2. The van der Waals surface area contributed by atoms with Gasteiger partial charge in [0, 0.05) is 11.1 Å². The number of rotatable bonds is 2. The SMILES string of the molecule is CC1N=C(c2ccc3ccccc3c2)NC(c2ccc3ccccc3c2)=N1. The molecule has 0 saturated heterocycles. The van der Waals surface area contributed by atoms with Crippen molar-refractivity contribution in [3.05, 3.63) is 96.1 Å². The molecule has 0 atom stereocenters. The molecular weight excluding hydrogens is 330 g/mol. The van der Waals surface area contributed by atoms with E-state index in [9.17, 15) is 0 Å². The summed E-state index contributed by atoms with van der Waals surface area (Å²) in [6.07, 6.45) is -0.116. The first-order valence-corrected chi connectivity index (χ1v) is 9.17. The van der Waals surface area contributed by atoms with Crippen LogP contribution in [0.5, 0.6) is 0 Å². The van der Waals surface area contributed by atoms with Crippen molar-refractivity contribution >= 4 is 33.2 Å². The van der Waals surface area contributed by atoms with E-state index in [1.807, 2.05) is 6.92 Å². The summed E-state index contributed by atoms with van der Waals surface area (Å²) < 4.78 is 0. The molecule has 0 aromatic heterocycles. The minimum atomic E-state index is -0.116. The van der Waals surface area contributed by atoms with Crippen molar-refractivity contribution in [1.82, 2.24) is 5.32 Å². The van der Waals surface area contributed by atoms with Gasteiger partial charge in [-0.25, -0.2) is 9.98 Å². The van der Waals surface area contributed by atoms with Gasteiger partial charge in [-0.05, 0) is 40.6 Å². The summed E-state index contributed by atoms with van der Waals surface area (Å²) in [5, 5.41) is 8.33. The van der Waals surface area contributed by atoms with Crippen molar-refractivity contribution in [2.45, 2.75) is 13.1 Å². The van der Waals surface area contributed by atoms with Crippen LogP contribution in [0.15, 0.2) is 94.9 Å². The van der Waals surface area contributed by atoms with Gasteiger partial charge in [0.2, 0.25) is 0 Å². The summed E-state index contributed by atoms with van der Waals surface area (Å²) in [7, 11) is 0. The summed E-state index contributed by atoms with van der Waals surface area (Å²) in [5.74, 6) is 1.73. The molecule has 4 aromatic rings. The highest BCUT2D eigenvalue weighted by atomic mass is 15.2. The summed E-state index contributed by atoms with van der Waals surface area (Å²) >= 11 is 0. The van der Waals surface area contributed by atoms with E-state index in [0.717, 1.165) is 22.8 Å². The summed E-state index contributed by atoms with van der Waals surface area (Å²) in [6.45, 7) is 2.02. The van der Waals surface area contributed by atoms with Crippen molar-refractivity contribution in [3.8, 4) is 0 Å². The summed E-state index contributed by atoms with van der Waals surface area (Å²) in [6, 6.07) is 29.6. The fourth-order valence-electron chi connectivity index (χ4n) is 3.55. The Morgan fingerprint density at radius 2 is 1.04 bits per heavy atom. The minimum Gasteiger partial charge on any atom is -0.324 e. The van der Waals surface area contributed by atoms with E-state index < -0.39 is 0 Å². The quantitative estimate of drug-likeness (QED) is 0.535. The van der Waals surface area contributed by atoms with E-state index in [2.05, 4.69) is 90.2 Å². The van der Waals surface area contributed by atoms with Crippen molar-refractivity contribution in [2.24, 2.45) is 9.98 Å². The zero-order valence-corrected chi connectivity index (χ0v) is 15.1. The van der Waals surface area contributed by atoms with E-state index in [0.29, 0.717) is 0 Å². The molecular formula is C24H19N3. The van der Waals surface area contributed by atoms with Crippen LogP contribution < -0.4 is 5.32 Å². The smallest absolute Gasteiger partial charge is 0.141 e. The lowest BCUT2D eigenvalue weighted by Crippen LogP contribution is -2.37. The number of aliphatic imine (C=N–C) groups is 2. The zero-order chi connectivity index (χ0) is 18.2. The molecule has 4 aromatic carbocycles. The second kappa shape index (κ2) is 6.36. The van der Waals surface area contributed by atoms with Crippen molar-refractivity contribution in [3.63, 3.8) is 0 Å². The molecule has 1 heterocycles. The van der Waals surface area contributed by atoms with Crippen LogP contribution in [0, 0.1) is 0 Å². The first-order valence-electron chi connectivity index (χ1n) is 9.17. The van der Waals surface area contributed by atoms with Crippen LogP contribution in [-0.4, -0.2) is 17.8 Å². The first-order chi connectivity index (χ1) is 13.3. The van der Waals surface area contributed by atoms with Crippen molar-refractivity contribution < 1.29 is 0 Å². The standard InChI is InChI=1S/C24H19N3/c1-16-25-23(21-12-10-17-6-2-4-8-19(17)14-21)27-24(26-16)22-13-11-18-7-3-5-9-20(18)15-22/h2-16H,1H3,(H,25,26,27). The largest absolute Gasteiger partial charge is 0.324 e. The normalized spacial score (nSPS) is 14.7. The van der Waals surface area contributed by atoms with E-state index in [1.165, 1.54) is 21.5 Å². The molecule has 0 spiro atoms. The molecule has 3 heteroatoms. The minimum absolute atomic E-state index is 0.116. The number of amidine groups is 2. The fourth-order valence-corrected chi connectivity index (χ4v) is 3.55. The molecule has 1 N–H and O–H groups in total. The van der Waals surface area contributed by atoms with Crippen LogP contribution in [0.2, 0.25) is 0 Å². The molecule has 0 saturated carbocycles. The van der Waals surface area contributed by atoms with Crippen LogP contribution in [0.3, 0.4) is 0 Å². The van der Waals surface area contributed by atoms with Crippen LogP contribution in [0.4, 0.5) is 0 Å². The Morgan fingerprint density at radius 1 is 0.593 bits per heavy atom. The van der Waals surface area contributed by atoms with Crippen molar-refractivity contribution in [1.29, 1.82) is 0 Å². The highest BCUT2D eigenvalue weighted by Gasteiger charge is 2.17. The van der Waals surface area contributed by atoms with Gasteiger partial charge in [0.15, 0.2) is 0 Å². The van der Waals surface area contributed by atoms with Gasteiger partial charge >= 0.3 is 0 Å². The van der Waals surface area contributed by atoms with Gasteiger partial charge in [0.25, 0.3) is 0 Å². The Bertz CT molecular complexity index is 1130. The van der Waals surface area contributed by atoms with E-state index in [1.54, 1.807) is 0 Å². The number of benzene rings is 4. The van der Waals surface area contributed by atoms with Crippen LogP contribution in [0.25, 0.3) is 21.5 Å².